The zero-order chi connectivity index (χ0) is 33.0. The minimum atomic E-state index is -7.20. The maximum absolute atomic E-state index is 12.8. The molecule has 0 aliphatic heterocycles. The van der Waals surface area contributed by atoms with Crippen LogP contribution in [0.1, 0.15) is 32.6 Å². The van der Waals surface area contributed by atoms with Gasteiger partial charge < -0.3 is 9.29 Å². The van der Waals surface area contributed by atoms with Crippen LogP contribution in [0.2, 0.25) is 0 Å². The maximum atomic E-state index is 12.8. The van der Waals surface area contributed by atoms with Gasteiger partial charge in [0.15, 0.2) is 14.7 Å². The summed E-state index contributed by atoms with van der Waals surface area (Å²) in [4.78, 5) is 15.4. The molecule has 1 unspecified atom stereocenters. The summed E-state index contributed by atoms with van der Waals surface area (Å²) in [6.07, 6.45) is -12.1. The van der Waals surface area contributed by atoms with Gasteiger partial charge in [-0.25, -0.2) is 13.2 Å². The van der Waals surface area contributed by atoms with E-state index >= 15 is 0 Å². The number of carbonyl (C=O) groups is 1. The smallest absolute Gasteiger partial charge is 0.426 e. The van der Waals surface area contributed by atoms with E-state index in [-0.39, 0.29) is 29.7 Å². The number of ether oxygens (including phenoxy) is 1. The number of benzene rings is 3. The molecule has 3 aromatic rings. The Labute approximate surface area is 260 Å². The first kappa shape index (κ1) is 37.4. The van der Waals surface area contributed by atoms with Crippen molar-refractivity contribution in [1.29, 1.82) is 0 Å². The molecule has 44 heavy (non-hydrogen) atoms. The van der Waals surface area contributed by atoms with E-state index in [1.54, 1.807) is 0 Å². The Hall–Kier alpha value is -2.74. The molecule has 0 amide bonds. The summed E-state index contributed by atoms with van der Waals surface area (Å²) in [6.45, 7) is 0.925. The van der Waals surface area contributed by atoms with E-state index in [2.05, 4.69) is 95.7 Å². The van der Waals surface area contributed by atoms with E-state index < -0.39 is 39.8 Å². The standard InChI is InChI=1S/C18H15S.C12H17ClF6O5S/c1-4-10-16(11-5-1)19(17-12-6-2-7-13-17)18-14-8-3-9-15-18;1-2-8(7-13)5-3-4-6-24-9(20)10(11(14,15)16,12(17,18)19)25(21,22)23/h1-15H;8H,2-7H2,1H3,(H,21,22,23)/q+1;/p-1. The first-order chi connectivity index (χ1) is 20.6. The number of rotatable bonds is 12. The summed E-state index contributed by atoms with van der Waals surface area (Å²) in [5, 5.41) is 0. The lowest BCUT2D eigenvalue weighted by atomic mass is 10.0. The van der Waals surface area contributed by atoms with E-state index in [0.29, 0.717) is 18.7 Å². The average Bonchev–Trinajstić information content (AvgIpc) is 2.95. The van der Waals surface area contributed by atoms with Gasteiger partial charge in [-0.2, -0.15) is 26.3 Å². The Balaban J connectivity index is 0.000000315. The quantitative estimate of drug-likeness (QED) is 0.0480. The van der Waals surface area contributed by atoms with Gasteiger partial charge in [0.2, 0.25) is 0 Å². The molecule has 3 rings (SSSR count). The summed E-state index contributed by atoms with van der Waals surface area (Å²) < 4.78 is 107. The van der Waals surface area contributed by atoms with Gasteiger partial charge in [0.1, 0.15) is 10.1 Å². The third-order valence-corrected chi connectivity index (χ3v) is 10.5. The van der Waals surface area contributed by atoms with Crippen LogP contribution in [0.4, 0.5) is 26.3 Å². The van der Waals surface area contributed by atoms with Crippen molar-refractivity contribution < 1.29 is 48.8 Å². The first-order valence-corrected chi connectivity index (χ1v) is 16.5. The Morgan fingerprint density at radius 3 is 1.48 bits per heavy atom. The van der Waals surface area contributed by atoms with Crippen molar-refractivity contribution in [2.24, 2.45) is 5.92 Å². The molecule has 0 saturated heterocycles. The van der Waals surface area contributed by atoms with E-state index in [9.17, 15) is 44.1 Å². The largest absolute Gasteiger partial charge is 0.747 e. The maximum Gasteiger partial charge on any atom is 0.426 e. The second-order valence-corrected chi connectivity index (χ2v) is 13.3. The average molecular weight is 685 g/mol. The van der Waals surface area contributed by atoms with Gasteiger partial charge in [0, 0.05) is 5.88 Å². The summed E-state index contributed by atoms with van der Waals surface area (Å²) in [5.41, 5.74) is 0. The molecule has 3 aromatic carbocycles. The zero-order valence-electron chi connectivity index (χ0n) is 23.5. The molecule has 0 N–H and O–H groups in total. The number of unbranched alkanes of at least 4 members (excludes halogenated alkanes) is 1. The van der Waals surface area contributed by atoms with Crippen LogP contribution in [-0.2, 0) is 30.5 Å². The number of halogens is 7. The molecule has 1 atom stereocenters. The second-order valence-electron chi connectivity index (χ2n) is 9.44. The fourth-order valence-corrected chi connectivity index (χ4v) is 7.35. The molecule has 0 radical (unpaired) electrons. The predicted molar refractivity (Wildman–Crippen MR) is 155 cm³/mol. The van der Waals surface area contributed by atoms with Crippen LogP contribution in [-0.4, -0.2) is 48.5 Å². The van der Waals surface area contributed by atoms with Crippen molar-refractivity contribution in [3.8, 4) is 0 Å². The van der Waals surface area contributed by atoms with Crippen LogP contribution >= 0.6 is 11.6 Å². The van der Waals surface area contributed by atoms with E-state index in [0.717, 1.165) is 0 Å². The van der Waals surface area contributed by atoms with Crippen molar-refractivity contribution in [3.63, 3.8) is 0 Å². The molecular formula is C30H31ClF6O5S2. The Morgan fingerprint density at radius 2 is 1.18 bits per heavy atom. The minimum absolute atomic E-state index is 0.0146. The lowest BCUT2D eigenvalue weighted by Gasteiger charge is -2.36. The third-order valence-electron chi connectivity index (χ3n) is 6.43. The van der Waals surface area contributed by atoms with Crippen molar-refractivity contribution in [2.45, 2.75) is 64.4 Å². The van der Waals surface area contributed by atoms with E-state index in [1.165, 1.54) is 14.7 Å². The molecule has 14 heteroatoms. The number of hydrogen-bond donors (Lipinski definition) is 0. The molecule has 0 aliphatic carbocycles. The Bertz CT molecular complexity index is 1280. The van der Waals surface area contributed by atoms with Gasteiger partial charge in [0.25, 0.3) is 0 Å². The van der Waals surface area contributed by atoms with Gasteiger partial charge >= 0.3 is 23.1 Å². The number of alkyl halides is 7. The third kappa shape index (κ3) is 9.38. The molecule has 242 valence electrons. The fourth-order valence-electron chi connectivity index (χ4n) is 4.05. The van der Waals surface area contributed by atoms with Crippen LogP contribution in [0, 0.1) is 5.92 Å². The molecule has 0 bridgehead atoms. The van der Waals surface area contributed by atoms with Crippen molar-refractivity contribution >= 4 is 38.6 Å². The van der Waals surface area contributed by atoms with Crippen molar-refractivity contribution in [1.82, 2.24) is 0 Å². The van der Waals surface area contributed by atoms with Gasteiger partial charge in [-0.15, -0.1) is 11.6 Å². The van der Waals surface area contributed by atoms with Crippen LogP contribution in [0.3, 0.4) is 0 Å². The van der Waals surface area contributed by atoms with E-state index in [1.807, 2.05) is 6.92 Å². The van der Waals surface area contributed by atoms with Gasteiger partial charge in [-0.1, -0.05) is 67.9 Å². The van der Waals surface area contributed by atoms with Crippen molar-refractivity contribution in [2.75, 3.05) is 12.5 Å². The summed E-state index contributed by atoms with van der Waals surface area (Å²) in [6, 6.07) is 32.2. The van der Waals surface area contributed by atoms with Gasteiger partial charge in [-0.05, 0) is 61.6 Å². The highest BCUT2D eigenvalue weighted by molar-refractivity contribution is 7.97. The van der Waals surface area contributed by atoms with Crippen LogP contribution in [0.15, 0.2) is 106 Å². The molecule has 5 nitrogen and oxygen atoms in total. The number of carbonyl (C=O) groups excluding carboxylic acids is 1. The number of hydrogen-bond acceptors (Lipinski definition) is 5. The Morgan fingerprint density at radius 1 is 0.795 bits per heavy atom. The molecule has 0 heterocycles. The summed E-state index contributed by atoms with van der Waals surface area (Å²) in [5.74, 6) is -2.83. The molecule has 0 fully saturated rings. The topological polar surface area (TPSA) is 83.5 Å². The molecular weight excluding hydrogens is 654 g/mol. The van der Waals surface area contributed by atoms with Gasteiger partial charge in [-0.3, -0.25) is 0 Å². The highest BCUT2D eigenvalue weighted by atomic mass is 35.5. The molecule has 0 spiro atoms. The highest BCUT2D eigenvalue weighted by Gasteiger charge is 2.81. The SMILES string of the molecule is CCC(CCl)CCCCOC(=O)C(C(F)(F)F)(C(F)(F)F)S(=O)(=O)[O-].c1ccc([S+](c2ccccc2)c2ccccc2)cc1. The summed E-state index contributed by atoms with van der Waals surface area (Å²) in [7, 11) is -7.21. The van der Waals surface area contributed by atoms with Crippen LogP contribution in [0.5, 0.6) is 0 Å². The minimum Gasteiger partial charge on any atom is -0.747 e. The second kappa shape index (κ2) is 16.5. The Kier molecular flexibility index (Phi) is 14.1. The molecule has 0 saturated carbocycles. The zero-order valence-corrected chi connectivity index (χ0v) is 25.9. The highest BCUT2D eigenvalue weighted by Crippen LogP contribution is 2.49. The van der Waals surface area contributed by atoms with E-state index in [4.69, 9.17) is 11.6 Å². The van der Waals surface area contributed by atoms with Gasteiger partial charge in [0.05, 0.1) is 17.5 Å². The normalized spacial score (nSPS) is 13.1. The number of esters is 1. The first-order valence-electron chi connectivity index (χ1n) is 13.3. The van der Waals surface area contributed by atoms with Crippen LogP contribution < -0.4 is 0 Å². The lowest BCUT2D eigenvalue weighted by molar-refractivity contribution is -0.268. The monoisotopic (exact) mass is 684 g/mol. The predicted octanol–water partition coefficient (Wildman–Crippen LogP) is 8.16. The van der Waals surface area contributed by atoms with Crippen molar-refractivity contribution in [3.05, 3.63) is 91.0 Å². The molecule has 0 aromatic heterocycles. The summed E-state index contributed by atoms with van der Waals surface area (Å²) >= 11 is 5.60. The fraction of sp³-hybridized carbons (Fsp3) is 0.367. The lowest BCUT2D eigenvalue weighted by Crippen LogP contribution is -2.67. The van der Waals surface area contributed by atoms with Crippen LogP contribution in [0.25, 0.3) is 0 Å². The molecule has 0 aliphatic rings.